The van der Waals surface area contributed by atoms with E-state index in [-0.39, 0.29) is 0 Å². The van der Waals surface area contributed by atoms with Crippen LogP contribution in [0.4, 0.5) is 0 Å². The van der Waals surface area contributed by atoms with Gasteiger partial charge >= 0.3 is 41.8 Å². The van der Waals surface area contributed by atoms with Gasteiger partial charge in [-0.2, -0.15) is 0 Å². The molecule has 0 amide bonds. The van der Waals surface area contributed by atoms with Crippen LogP contribution in [-0.4, -0.2) is 91.6 Å². The Morgan fingerprint density at radius 2 is 0.556 bits per heavy atom. The highest BCUT2D eigenvalue weighted by molar-refractivity contribution is 5.89. The van der Waals surface area contributed by atoms with Crippen molar-refractivity contribution in [3.8, 4) is 0 Å². The predicted octanol–water partition coefficient (Wildman–Crippen LogP) is 2.10. The fourth-order valence-corrected chi connectivity index (χ4v) is 6.30. The molecule has 0 N–H and O–H groups in total. The quantitative estimate of drug-likeness (QED) is 0.165. The Bertz CT molecular complexity index is 1050. The van der Waals surface area contributed by atoms with Crippen molar-refractivity contribution in [2.45, 2.75) is 41.5 Å². The second-order valence-corrected chi connectivity index (χ2v) is 11.4. The third-order valence-corrected chi connectivity index (χ3v) is 8.91. The lowest BCUT2D eigenvalue weighted by Crippen LogP contribution is -2.51. The lowest BCUT2D eigenvalue weighted by molar-refractivity contribution is -0.176. The number of hydrogen-bond acceptors (Lipinski definition) is 14. The largest absolute Gasteiger partial charge is 0.469 e. The Morgan fingerprint density at radius 3 is 0.867 bits per heavy atom. The minimum absolute atomic E-state index is 0.457. The minimum Gasteiger partial charge on any atom is -0.469 e. The Labute approximate surface area is 265 Å². The summed E-state index contributed by atoms with van der Waals surface area (Å²) in [5.74, 6) is -19.1. The van der Waals surface area contributed by atoms with Crippen molar-refractivity contribution < 1.29 is 66.7 Å². The van der Waals surface area contributed by atoms with E-state index in [2.05, 4.69) is 0 Å². The second kappa shape index (κ2) is 18.9. The minimum atomic E-state index is -1.65. The first-order valence-corrected chi connectivity index (χ1v) is 14.5. The van der Waals surface area contributed by atoms with E-state index in [1.165, 1.54) is 27.7 Å². The molecule has 0 aliphatic carbocycles. The van der Waals surface area contributed by atoms with Gasteiger partial charge in [0.2, 0.25) is 0 Å². The molecule has 10 unspecified atom stereocenters. The highest BCUT2D eigenvalue weighted by atomic mass is 16.5. The van der Waals surface area contributed by atoms with Gasteiger partial charge in [-0.1, -0.05) is 41.5 Å². The first-order chi connectivity index (χ1) is 21.0. The van der Waals surface area contributed by atoms with Crippen LogP contribution in [0.2, 0.25) is 0 Å². The van der Waals surface area contributed by atoms with E-state index in [1.54, 1.807) is 13.8 Å². The fourth-order valence-electron chi connectivity index (χ4n) is 6.30. The molecule has 45 heavy (non-hydrogen) atoms. The molecule has 0 aromatic carbocycles. The number of methoxy groups -OCH3 is 7. The van der Waals surface area contributed by atoms with Crippen molar-refractivity contribution in [2.75, 3.05) is 49.8 Å². The summed E-state index contributed by atoms with van der Waals surface area (Å²) in [6.07, 6.45) is 0. The molecule has 0 heterocycles. The fraction of sp³-hybridized carbons (Fsp3) is 0.774. The Hall–Kier alpha value is -3.71. The maximum Gasteiger partial charge on any atom is 0.310 e. The van der Waals surface area contributed by atoms with E-state index < -0.39 is 107 Å². The van der Waals surface area contributed by atoms with Crippen LogP contribution in [-0.2, 0) is 66.7 Å². The van der Waals surface area contributed by atoms with Gasteiger partial charge in [-0.15, -0.1) is 0 Å². The lowest BCUT2D eigenvalue weighted by Gasteiger charge is -2.41. The number of hydrogen-bond donors (Lipinski definition) is 0. The molecule has 14 nitrogen and oxygen atoms in total. The van der Waals surface area contributed by atoms with Crippen LogP contribution in [0.25, 0.3) is 0 Å². The maximum absolute atomic E-state index is 13.6. The number of carbonyl (C=O) groups is 7. The molecule has 0 aromatic rings. The Kier molecular flexibility index (Phi) is 17.4. The number of carbonyl (C=O) groups excluding carboxylic acids is 7. The van der Waals surface area contributed by atoms with Crippen molar-refractivity contribution >= 4 is 41.8 Å². The van der Waals surface area contributed by atoms with Gasteiger partial charge < -0.3 is 33.2 Å². The molecule has 0 spiro atoms. The van der Waals surface area contributed by atoms with Crippen molar-refractivity contribution in [1.29, 1.82) is 0 Å². The molecular weight excluding hydrogens is 596 g/mol. The third kappa shape index (κ3) is 9.64. The molecular formula is C31H50O14. The molecule has 0 aromatic heterocycles. The molecule has 10 atom stereocenters. The van der Waals surface area contributed by atoms with Gasteiger partial charge in [-0.05, 0) is 23.7 Å². The molecule has 0 saturated carbocycles. The third-order valence-electron chi connectivity index (χ3n) is 8.91. The van der Waals surface area contributed by atoms with Crippen LogP contribution in [0, 0.1) is 65.1 Å². The highest BCUT2D eigenvalue weighted by Gasteiger charge is 2.55. The summed E-state index contributed by atoms with van der Waals surface area (Å²) < 4.78 is 35.1. The first kappa shape index (κ1) is 41.3. The van der Waals surface area contributed by atoms with E-state index in [0.717, 1.165) is 49.8 Å². The highest BCUT2D eigenvalue weighted by Crippen LogP contribution is 2.44. The summed E-state index contributed by atoms with van der Waals surface area (Å²) in [5.41, 5.74) is 0. The zero-order chi connectivity index (χ0) is 35.3. The molecule has 0 rings (SSSR count). The molecule has 0 saturated heterocycles. The molecule has 0 aliphatic rings. The average Bonchev–Trinajstić information content (AvgIpc) is 3.03. The van der Waals surface area contributed by atoms with E-state index in [0.29, 0.717) is 0 Å². The van der Waals surface area contributed by atoms with Crippen LogP contribution < -0.4 is 0 Å². The van der Waals surface area contributed by atoms with Gasteiger partial charge in [0.15, 0.2) is 0 Å². The monoisotopic (exact) mass is 646 g/mol. The summed E-state index contributed by atoms with van der Waals surface area (Å²) >= 11 is 0. The zero-order valence-electron chi connectivity index (χ0n) is 28.6. The van der Waals surface area contributed by atoms with Gasteiger partial charge in [0.05, 0.1) is 91.2 Å². The van der Waals surface area contributed by atoms with E-state index in [4.69, 9.17) is 33.2 Å². The van der Waals surface area contributed by atoms with Crippen LogP contribution in [0.1, 0.15) is 41.5 Å². The van der Waals surface area contributed by atoms with E-state index in [9.17, 15) is 33.6 Å². The van der Waals surface area contributed by atoms with Gasteiger partial charge in [0.25, 0.3) is 0 Å². The van der Waals surface area contributed by atoms with Crippen LogP contribution in [0.3, 0.4) is 0 Å². The SMILES string of the molecule is COC(=O)C(C)C(C)C(C(=O)OC)C(C(=O)OC)C(C(=O)OC)C(C)C(C(=O)OC)C(C)C(C(=O)OC)C(C(=O)OC)C(C)C. The van der Waals surface area contributed by atoms with Gasteiger partial charge in [-0.25, -0.2) is 0 Å². The van der Waals surface area contributed by atoms with Crippen molar-refractivity contribution in [3.63, 3.8) is 0 Å². The topological polar surface area (TPSA) is 184 Å². The van der Waals surface area contributed by atoms with Crippen molar-refractivity contribution in [2.24, 2.45) is 65.1 Å². The maximum atomic E-state index is 13.6. The summed E-state index contributed by atoms with van der Waals surface area (Å²) in [5, 5.41) is 0. The molecule has 0 fully saturated rings. The van der Waals surface area contributed by atoms with Crippen molar-refractivity contribution in [1.82, 2.24) is 0 Å². The first-order valence-electron chi connectivity index (χ1n) is 14.5. The number of ether oxygens (including phenoxy) is 7. The van der Waals surface area contributed by atoms with Crippen molar-refractivity contribution in [3.05, 3.63) is 0 Å². The van der Waals surface area contributed by atoms with Crippen LogP contribution in [0.15, 0.2) is 0 Å². The van der Waals surface area contributed by atoms with E-state index >= 15 is 0 Å². The second-order valence-electron chi connectivity index (χ2n) is 11.4. The van der Waals surface area contributed by atoms with Crippen LogP contribution >= 0.6 is 0 Å². The molecule has 0 radical (unpaired) electrons. The standard InChI is InChI=1S/C31H50O14/c1-14(2)19(26(33)40-8)22(29(36)43-11)17(5)20(27(34)41-9)18(6)23(30(37)44-12)24(31(38)45-13)21(28(35)42-10)15(3)16(4)25(32)39-7/h14-24H,1-13H3. The lowest BCUT2D eigenvalue weighted by atomic mass is 9.62. The normalized spacial score (nSPS) is 17.8. The predicted molar refractivity (Wildman–Crippen MR) is 157 cm³/mol. The van der Waals surface area contributed by atoms with Gasteiger partial charge in [0.1, 0.15) is 0 Å². The molecule has 0 aliphatic heterocycles. The molecule has 0 bridgehead atoms. The van der Waals surface area contributed by atoms with Gasteiger partial charge in [0, 0.05) is 0 Å². The molecule has 258 valence electrons. The number of esters is 7. The van der Waals surface area contributed by atoms with Gasteiger partial charge in [-0.3, -0.25) is 33.6 Å². The summed E-state index contributed by atoms with van der Waals surface area (Å²) in [4.78, 5) is 92.7. The zero-order valence-corrected chi connectivity index (χ0v) is 28.6. The summed E-state index contributed by atoms with van der Waals surface area (Å²) in [6.45, 7) is 9.34. The molecule has 14 heteroatoms. The van der Waals surface area contributed by atoms with E-state index in [1.807, 2.05) is 0 Å². The van der Waals surface area contributed by atoms with Crippen LogP contribution in [0.5, 0.6) is 0 Å². The summed E-state index contributed by atoms with van der Waals surface area (Å²) in [6, 6.07) is 0. The Balaban J connectivity index is 7.67. The number of rotatable bonds is 17. The summed E-state index contributed by atoms with van der Waals surface area (Å²) in [7, 11) is 7.74. The average molecular weight is 647 g/mol. The Morgan fingerprint density at radius 1 is 0.311 bits per heavy atom. The smallest absolute Gasteiger partial charge is 0.310 e.